The summed E-state index contributed by atoms with van der Waals surface area (Å²) in [6.07, 6.45) is 6.38. The van der Waals surface area contributed by atoms with Crippen LogP contribution in [0, 0.1) is 0 Å². The molecule has 0 atom stereocenters. The zero-order chi connectivity index (χ0) is 17.2. The molecule has 0 unspecified atom stereocenters. The van der Waals surface area contributed by atoms with Gasteiger partial charge in [0.2, 0.25) is 0 Å². The molecule has 3 aromatic rings. The molecule has 0 saturated carbocycles. The van der Waals surface area contributed by atoms with Crippen molar-refractivity contribution < 1.29 is 4.42 Å². The minimum atomic E-state index is -0.0951. The van der Waals surface area contributed by atoms with Crippen LogP contribution in [0.25, 0.3) is 11.4 Å². The zero-order valence-electron chi connectivity index (χ0n) is 14.0. The molecular weight excluding hydrogens is 318 g/mol. The van der Waals surface area contributed by atoms with Crippen molar-refractivity contribution in [1.82, 2.24) is 24.8 Å². The van der Waals surface area contributed by atoms with Crippen LogP contribution >= 0.6 is 0 Å². The van der Waals surface area contributed by atoms with E-state index in [0.717, 1.165) is 42.2 Å². The van der Waals surface area contributed by atoms with Gasteiger partial charge in [-0.25, -0.2) is 15.0 Å². The maximum atomic E-state index is 12.5. The lowest BCUT2D eigenvalue weighted by Gasteiger charge is -2.26. The third kappa shape index (κ3) is 3.23. The highest BCUT2D eigenvalue weighted by Gasteiger charge is 2.22. The van der Waals surface area contributed by atoms with Crippen molar-refractivity contribution in [3.8, 4) is 11.4 Å². The van der Waals surface area contributed by atoms with Gasteiger partial charge in [-0.3, -0.25) is 9.69 Å². The molecule has 1 N–H and O–H groups in total. The molecule has 0 aliphatic carbocycles. The van der Waals surface area contributed by atoms with Crippen LogP contribution < -0.4 is 5.56 Å². The fourth-order valence-corrected chi connectivity index (χ4v) is 3.09. The first kappa shape index (κ1) is 15.7. The summed E-state index contributed by atoms with van der Waals surface area (Å²) in [7, 11) is 0. The maximum absolute atomic E-state index is 12.5. The van der Waals surface area contributed by atoms with Crippen LogP contribution in [0.3, 0.4) is 0 Å². The number of hydrogen-bond donors (Lipinski definition) is 1. The van der Waals surface area contributed by atoms with Crippen LogP contribution in [0.15, 0.2) is 40.1 Å². The van der Waals surface area contributed by atoms with E-state index in [9.17, 15) is 4.79 Å². The van der Waals surface area contributed by atoms with E-state index >= 15 is 0 Å². The van der Waals surface area contributed by atoms with Crippen LogP contribution in [0.2, 0.25) is 0 Å². The summed E-state index contributed by atoms with van der Waals surface area (Å²) in [5.41, 5.74) is 2.21. The van der Waals surface area contributed by atoms with Crippen molar-refractivity contribution in [3.05, 3.63) is 64.0 Å². The van der Waals surface area contributed by atoms with Crippen LogP contribution in [0.4, 0.5) is 0 Å². The van der Waals surface area contributed by atoms with E-state index in [-0.39, 0.29) is 5.56 Å². The van der Waals surface area contributed by atoms with Gasteiger partial charge < -0.3 is 9.40 Å². The van der Waals surface area contributed by atoms with Gasteiger partial charge >= 0.3 is 0 Å². The zero-order valence-corrected chi connectivity index (χ0v) is 14.0. The minimum Gasteiger partial charge on any atom is -0.465 e. The first-order chi connectivity index (χ1) is 12.2. The third-order valence-corrected chi connectivity index (χ3v) is 4.43. The summed E-state index contributed by atoms with van der Waals surface area (Å²) in [5.74, 6) is 2.45. The summed E-state index contributed by atoms with van der Waals surface area (Å²) >= 11 is 0. The Kier molecular flexibility index (Phi) is 4.15. The second-order valence-corrected chi connectivity index (χ2v) is 6.15. The van der Waals surface area contributed by atoms with E-state index in [1.165, 1.54) is 6.33 Å². The summed E-state index contributed by atoms with van der Waals surface area (Å²) < 4.78 is 5.77. The van der Waals surface area contributed by atoms with Gasteiger partial charge in [0.05, 0.1) is 23.4 Å². The second kappa shape index (κ2) is 6.60. The molecule has 1 aliphatic rings. The number of aryl methyl sites for hydroxylation is 1. The molecule has 4 rings (SSSR count). The van der Waals surface area contributed by atoms with Gasteiger partial charge in [-0.15, -0.1) is 0 Å². The Morgan fingerprint density at radius 1 is 1.24 bits per heavy atom. The van der Waals surface area contributed by atoms with Crippen LogP contribution in [-0.2, 0) is 25.9 Å². The molecule has 0 fully saturated rings. The van der Waals surface area contributed by atoms with Crippen molar-refractivity contribution in [2.24, 2.45) is 0 Å². The molecule has 0 bridgehead atoms. The number of hydrogen-bond acceptors (Lipinski definition) is 6. The average molecular weight is 337 g/mol. The molecule has 25 heavy (non-hydrogen) atoms. The van der Waals surface area contributed by atoms with Crippen LogP contribution in [-0.4, -0.2) is 31.4 Å². The molecule has 1 aliphatic heterocycles. The lowest BCUT2D eigenvalue weighted by molar-refractivity contribution is 0.221. The number of furan rings is 1. The molecule has 0 aromatic carbocycles. The average Bonchev–Trinajstić information content (AvgIpc) is 3.10. The number of H-pyrrole nitrogens is 1. The van der Waals surface area contributed by atoms with Gasteiger partial charge in [0, 0.05) is 38.3 Å². The number of nitrogens with one attached hydrogen (secondary N) is 1. The Balaban J connectivity index is 1.56. The Hall–Kier alpha value is -2.80. The van der Waals surface area contributed by atoms with Crippen molar-refractivity contribution in [1.29, 1.82) is 0 Å². The smallest absolute Gasteiger partial charge is 0.255 e. The molecule has 0 amide bonds. The minimum absolute atomic E-state index is 0.0951. The van der Waals surface area contributed by atoms with Crippen LogP contribution in [0.5, 0.6) is 0 Å². The fourth-order valence-electron chi connectivity index (χ4n) is 3.09. The monoisotopic (exact) mass is 337 g/mol. The number of nitrogens with zero attached hydrogens (tertiary/aromatic N) is 4. The van der Waals surface area contributed by atoms with E-state index in [0.29, 0.717) is 24.5 Å². The summed E-state index contributed by atoms with van der Waals surface area (Å²) in [6, 6.07) is 4.02. The number of aromatic nitrogens is 4. The van der Waals surface area contributed by atoms with Gasteiger partial charge in [-0.05, 0) is 12.1 Å². The quantitative estimate of drug-likeness (QED) is 0.783. The highest BCUT2D eigenvalue weighted by atomic mass is 16.3. The number of fused-ring (bicyclic) bond motifs is 1. The van der Waals surface area contributed by atoms with E-state index < -0.39 is 0 Å². The van der Waals surface area contributed by atoms with E-state index in [4.69, 9.17) is 4.42 Å². The lowest BCUT2D eigenvalue weighted by atomic mass is 10.1. The Morgan fingerprint density at radius 3 is 2.80 bits per heavy atom. The highest BCUT2D eigenvalue weighted by molar-refractivity contribution is 5.52. The Morgan fingerprint density at radius 2 is 2.04 bits per heavy atom. The third-order valence-electron chi connectivity index (χ3n) is 4.43. The molecule has 3 aromatic heterocycles. The van der Waals surface area contributed by atoms with Crippen molar-refractivity contribution in [2.45, 2.75) is 32.9 Å². The molecule has 0 radical (unpaired) electrons. The molecule has 7 nitrogen and oxygen atoms in total. The molecular formula is C18H19N5O2. The van der Waals surface area contributed by atoms with Crippen molar-refractivity contribution in [2.75, 3.05) is 6.54 Å². The topological polar surface area (TPSA) is 87.9 Å². The van der Waals surface area contributed by atoms with Crippen LogP contribution in [0.1, 0.15) is 29.7 Å². The maximum Gasteiger partial charge on any atom is 0.255 e. The summed E-state index contributed by atoms with van der Waals surface area (Å²) in [5, 5.41) is 0. The van der Waals surface area contributed by atoms with Gasteiger partial charge in [0.25, 0.3) is 5.56 Å². The van der Waals surface area contributed by atoms with Gasteiger partial charge in [-0.1, -0.05) is 6.92 Å². The fraction of sp³-hybridized carbons (Fsp3) is 0.333. The van der Waals surface area contributed by atoms with E-state index in [2.05, 4.69) is 31.8 Å². The molecule has 4 heterocycles. The van der Waals surface area contributed by atoms with E-state index in [1.54, 1.807) is 12.4 Å². The standard InChI is InChI=1S/C18H19N5O2/c1-2-13-3-4-14(25-13)9-23-6-5-16-15(10-23)18(24)22-17(21-16)12-7-19-11-20-8-12/h3-4,7-8,11H,2,5-6,9-10H2,1H3,(H,21,22,24). The van der Waals surface area contributed by atoms with Crippen molar-refractivity contribution >= 4 is 0 Å². The second-order valence-electron chi connectivity index (χ2n) is 6.15. The normalized spacial score (nSPS) is 14.4. The molecule has 0 spiro atoms. The highest BCUT2D eigenvalue weighted by Crippen LogP contribution is 2.20. The summed E-state index contributed by atoms with van der Waals surface area (Å²) in [4.78, 5) is 30.2. The largest absolute Gasteiger partial charge is 0.465 e. The van der Waals surface area contributed by atoms with E-state index in [1.807, 2.05) is 12.1 Å². The first-order valence-corrected chi connectivity index (χ1v) is 8.40. The van der Waals surface area contributed by atoms with Gasteiger partial charge in [0.15, 0.2) is 0 Å². The first-order valence-electron chi connectivity index (χ1n) is 8.40. The lowest BCUT2D eigenvalue weighted by Crippen LogP contribution is -2.35. The Labute approximate surface area is 144 Å². The predicted octanol–water partition coefficient (Wildman–Crippen LogP) is 1.94. The van der Waals surface area contributed by atoms with Crippen molar-refractivity contribution in [3.63, 3.8) is 0 Å². The Bertz CT molecular complexity index is 932. The van der Waals surface area contributed by atoms with Gasteiger partial charge in [0.1, 0.15) is 23.7 Å². The number of rotatable bonds is 4. The van der Waals surface area contributed by atoms with Gasteiger partial charge in [-0.2, -0.15) is 0 Å². The molecule has 0 saturated heterocycles. The molecule has 7 heteroatoms. The molecule has 128 valence electrons. The SMILES string of the molecule is CCc1ccc(CN2CCc3nc(-c4cncnc4)[nH]c(=O)c3C2)o1. The summed E-state index contributed by atoms with van der Waals surface area (Å²) in [6.45, 7) is 4.19. The predicted molar refractivity (Wildman–Crippen MR) is 91.8 cm³/mol. The number of aromatic amines is 1.